The van der Waals surface area contributed by atoms with Crippen molar-refractivity contribution in [1.29, 1.82) is 5.26 Å². The number of Topliss-reactive ketones (excluding diaryl/α,β-unsaturated/α-hetero) is 1. The predicted octanol–water partition coefficient (Wildman–Crippen LogP) is 6.72. The van der Waals surface area contributed by atoms with E-state index in [2.05, 4.69) is 4.98 Å². The highest BCUT2D eigenvalue weighted by molar-refractivity contribution is 5.97. The Morgan fingerprint density at radius 3 is 2.60 bits per heavy atom. The van der Waals surface area contributed by atoms with Crippen molar-refractivity contribution >= 4 is 16.8 Å². The molecule has 1 aliphatic rings. The topological polar surface area (TPSA) is 90.0 Å². The number of hydrogen-bond donors (Lipinski definition) is 0. The maximum atomic E-state index is 15.6. The third-order valence-corrected chi connectivity index (χ3v) is 7.71. The molecule has 1 saturated heterocycles. The normalized spacial score (nSPS) is 14.3. The van der Waals surface area contributed by atoms with Gasteiger partial charge in [0, 0.05) is 35.8 Å². The highest BCUT2D eigenvalue weighted by Crippen LogP contribution is 2.29. The van der Waals surface area contributed by atoms with Crippen LogP contribution < -0.4 is 4.74 Å². The van der Waals surface area contributed by atoms with Crippen molar-refractivity contribution in [2.24, 2.45) is 0 Å². The summed E-state index contributed by atoms with van der Waals surface area (Å²) in [6, 6.07) is 20.0. The van der Waals surface area contributed by atoms with Gasteiger partial charge in [-0.3, -0.25) is 4.79 Å². The van der Waals surface area contributed by atoms with Gasteiger partial charge in [0.15, 0.2) is 5.78 Å². The average Bonchev–Trinajstić information content (AvgIpc) is 3.31. The van der Waals surface area contributed by atoms with Crippen LogP contribution in [0.15, 0.2) is 66.7 Å². The standard InChI is InChI=1S/C34H28F2N4O3/c1-20-12-25(15-33-38-31-9-8-23(21(2)41)14-32(31)40(33)18-26-10-11-42-26)29(36)16-27(20)30-4-3-5-34(39-30)43-19-24-7-6-22(17-37)13-28(24)35/h3-9,12-14,16,26H,10-11,15,18-19H2,1-2H3/t26-/m0/s1. The lowest BCUT2D eigenvalue weighted by atomic mass is 9.99. The number of carbonyl (C=O) groups is 1. The Balaban J connectivity index is 1.26. The van der Waals surface area contributed by atoms with Crippen molar-refractivity contribution < 1.29 is 23.0 Å². The van der Waals surface area contributed by atoms with Crippen LogP contribution in [0.1, 0.15) is 51.8 Å². The number of ether oxygens (including phenoxy) is 2. The number of benzene rings is 3. The molecule has 7 nitrogen and oxygen atoms in total. The van der Waals surface area contributed by atoms with Crippen LogP contribution in [0.25, 0.3) is 22.3 Å². The van der Waals surface area contributed by atoms with Gasteiger partial charge in [0.2, 0.25) is 5.88 Å². The number of aromatic nitrogens is 3. The van der Waals surface area contributed by atoms with Gasteiger partial charge in [-0.1, -0.05) is 18.2 Å². The molecule has 0 N–H and O–H groups in total. The fourth-order valence-electron chi connectivity index (χ4n) is 5.22. The maximum absolute atomic E-state index is 15.6. The molecular weight excluding hydrogens is 550 g/mol. The lowest BCUT2D eigenvalue weighted by Gasteiger charge is -2.27. The molecule has 0 spiro atoms. The van der Waals surface area contributed by atoms with E-state index in [0.717, 1.165) is 29.1 Å². The molecule has 0 aliphatic carbocycles. The Hall–Kier alpha value is -4.94. The van der Waals surface area contributed by atoms with Gasteiger partial charge in [-0.2, -0.15) is 5.26 Å². The minimum atomic E-state index is -0.531. The van der Waals surface area contributed by atoms with E-state index in [1.165, 1.54) is 25.1 Å². The first-order valence-electron chi connectivity index (χ1n) is 14.0. The van der Waals surface area contributed by atoms with Gasteiger partial charge in [0.1, 0.15) is 24.1 Å². The molecule has 0 bridgehead atoms. The number of imidazole rings is 1. The summed E-state index contributed by atoms with van der Waals surface area (Å²) in [5.74, 6) is 0.00806. The average molecular weight is 579 g/mol. The molecule has 0 amide bonds. The number of halogens is 2. The second kappa shape index (κ2) is 11.7. The molecule has 6 rings (SSSR count). The first-order chi connectivity index (χ1) is 20.8. The van der Waals surface area contributed by atoms with Crippen LogP contribution in [0.4, 0.5) is 8.78 Å². The van der Waals surface area contributed by atoms with E-state index in [9.17, 15) is 9.18 Å². The van der Waals surface area contributed by atoms with Crippen molar-refractivity contribution in [3.05, 3.63) is 112 Å². The number of nitrogens with zero attached hydrogens (tertiary/aromatic N) is 4. The summed E-state index contributed by atoms with van der Waals surface area (Å²) < 4.78 is 43.4. The van der Waals surface area contributed by atoms with E-state index in [4.69, 9.17) is 19.7 Å². The minimum absolute atomic E-state index is 0.0298. The van der Waals surface area contributed by atoms with Gasteiger partial charge in [-0.15, -0.1) is 0 Å². The van der Waals surface area contributed by atoms with E-state index >= 15 is 4.39 Å². The number of carbonyl (C=O) groups excluding carboxylic acids is 1. The highest BCUT2D eigenvalue weighted by Gasteiger charge is 2.23. The first-order valence-corrected chi connectivity index (χ1v) is 14.0. The van der Waals surface area contributed by atoms with Crippen LogP contribution in [0.3, 0.4) is 0 Å². The van der Waals surface area contributed by atoms with Gasteiger partial charge in [0.05, 0.1) is 41.0 Å². The SMILES string of the molecule is CC(=O)c1ccc2nc(Cc3cc(C)c(-c4cccc(OCc5ccc(C#N)cc5F)n4)cc3F)n(C[C@@H]3CCO3)c2c1. The third-order valence-electron chi connectivity index (χ3n) is 7.71. The molecule has 1 aliphatic heterocycles. The zero-order valence-electron chi connectivity index (χ0n) is 23.7. The molecule has 216 valence electrons. The number of hydrogen-bond acceptors (Lipinski definition) is 6. The molecule has 2 aromatic heterocycles. The zero-order valence-corrected chi connectivity index (χ0v) is 23.7. The number of pyridine rings is 1. The summed E-state index contributed by atoms with van der Waals surface area (Å²) in [5.41, 5.74) is 5.14. The lowest BCUT2D eigenvalue weighted by Crippen LogP contribution is -2.31. The number of rotatable bonds is 9. The van der Waals surface area contributed by atoms with E-state index in [1.54, 1.807) is 30.3 Å². The van der Waals surface area contributed by atoms with E-state index in [1.807, 2.05) is 29.7 Å². The monoisotopic (exact) mass is 578 g/mol. The first kappa shape index (κ1) is 28.2. The minimum Gasteiger partial charge on any atom is -0.473 e. The summed E-state index contributed by atoms with van der Waals surface area (Å²) in [5, 5.41) is 8.94. The molecule has 0 saturated carbocycles. The number of aryl methyl sites for hydroxylation is 1. The molecule has 0 unspecified atom stereocenters. The van der Waals surface area contributed by atoms with Gasteiger partial charge in [-0.05, 0) is 73.9 Å². The van der Waals surface area contributed by atoms with Crippen LogP contribution in [-0.2, 0) is 24.3 Å². The fraction of sp³-hybridized carbons (Fsp3) is 0.235. The summed E-state index contributed by atoms with van der Waals surface area (Å²) in [6.45, 7) is 4.65. The second-order valence-electron chi connectivity index (χ2n) is 10.7. The summed E-state index contributed by atoms with van der Waals surface area (Å²) >= 11 is 0. The van der Waals surface area contributed by atoms with Crippen LogP contribution in [-0.4, -0.2) is 33.0 Å². The molecule has 3 heterocycles. The third kappa shape index (κ3) is 5.87. The molecule has 3 aromatic carbocycles. The van der Waals surface area contributed by atoms with Crippen molar-refractivity contribution in [1.82, 2.24) is 14.5 Å². The number of ketones is 1. The molecular formula is C34H28F2N4O3. The van der Waals surface area contributed by atoms with E-state index in [0.29, 0.717) is 46.9 Å². The fourth-order valence-corrected chi connectivity index (χ4v) is 5.22. The molecule has 1 fully saturated rings. The molecule has 0 radical (unpaired) electrons. The Morgan fingerprint density at radius 2 is 1.88 bits per heavy atom. The molecule has 5 aromatic rings. The predicted molar refractivity (Wildman–Crippen MR) is 157 cm³/mol. The van der Waals surface area contributed by atoms with E-state index in [-0.39, 0.29) is 36.4 Å². The summed E-state index contributed by atoms with van der Waals surface area (Å²) in [7, 11) is 0. The smallest absolute Gasteiger partial charge is 0.214 e. The van der Waals surface area contributed by atoms with Crippen LogP contribution in [0, 0.1) is 29.9 Å². The number of fused-ring (bicyclic) bond motifs is 1. The zero-order chi connectivity index (χ0) is 30.1. The van der Waals surface area contributed by atoms with Gasteiger partial charge in [-0.25, -0.2) is 18.7 Å². The Morgan fingerprint density at radius 1 is 1.07 bits per heavy atom. The summed E-state index contributed by atoms with van der Waals surface area (Å²) in [4.78, 5) is 21.4. The largest absolute Gasteiger partial charge is 0.473 e. The Kier molecular flexibility index (Phi) is 7.70. The molecule has 9 heteroatoms. The lowest BCUT2D eigenvalue weighted by molar-refractivity contribution is -0.0589. The summed E-state index contributed by atoms with van der Waals surface area (Å²) in [6.07, 6.45) is 1.25. The van der Waals surface area contributed by atoms with Gasteiger partial charge >= 0.3 is 0 Å². The Bertz CT molecular complexity index is 1910. The van der Waals surface area contributed by atoms with Crippen molar-refractivity contribution in [2.45, 2.75) is 45.9 Å². The van der Waals surface area contributed by atoms with Gasteiger partial charge in [0.25, 0.3) is 0 Å². The van der Waals surface area contributed by atoms with E-state index < -0.39 is 11.6 Å². The van der Waals surface area contributed by atoms with Crippen LogP contribution >= 0.6 is 0 Å². The quantitative estimate of drug-likeness (QED) is 0.181. The highest BCUT2D eigenvalue weighted by atomic mass is 19.1. The van der Waals surface area contributed by atoms with Crippen molar-refractivity contribution in [3.8, 4) is 23.2 Å². The second-order valence-corrected chi connectivity index (χ2v) is 10.7. The maximum Gasteiger partial charge on any atom is 0.214 e. The van der Waals surface area contributed by atoms with Gasteiger partial charge < -0.3 is 14.0 Å². The molecule has 43 heavy (non-hydrogen) atoms. The Labute approximate surface area is 247 Å². The van der Waals surface area contributed by atoms with Crippen molar-refractivity contribution in [2.75, 3.05) is 6.61 Å². The van der Waals surface area contributed by atoms with Crippen molar-refractivity contribution in [3.63, 3.8) is 0 Å². The number of nitriles is 1. The molecule has 1 atom stereocenters. The van der Waals surface area contributed by atoms with Crippen LogP contribution in [0.2, 0.25) is 0 Å². The van der Waals surface area contributed by atoms with Crippen LogP contribution in [0.5, 0.6) is 5.88 Å².